The Morgan fingerprint density at radius 1 is 1.06 bits per heavy atom. The maximum absolute atomic E-state index is 9.78. The van der Waals surface area contributed by atoms with Crippen LogP contribution in [0.3, 0.4) is 0 Å². The fourth-order valence-corrected chi connectivity index (χ4v) is 2.27. The summed E-state index contributed by atoms with van der Waals surface area (Å²) in [6, 6.07) is 6.51. The van der Waals surface area contributed by atoms with Gasteiger partial charge < -0.3 is 10.2 Å². The Morgan fingerprint density at radius 3 is 2.00 bits per heavy atom. The molecular formula is C15H24O2. The molecule has 0 aliphatic carbocycles. The summed E-state index contributed by atoms with van der Waals surface area (Å²) in [5, 5.41) is 19.1. The standard InChI is InChI=1S/C15H24O2/c1-5-13(9-15(17)12(4)16)14-7-10(2)6-11(3)8-14/h6-8,12-13,15-17H,5,9H2,1-4H3. The molecule has 0 radical (unpaired) electrons. The van der Waals surface area contributed by atoms with E-state index in [0.717, 1.165) is 6.42 Å². The lowest BCUT2D eigenvalue weighted by molar-refractivity contribution is 0.0215. The number of rotatable bonds is 5. The largest absolute Gasteiger partial charge is 0.391 e. The Morgan fingerprint density at radius 2 is 1.59 bits per heavy atom. The smallest absolute Gasteiger partial charge is 0.0802 e. The summed E-state index contributed by atoms with van der Waals surface area (Å²) >= 11 is 0. The molecule has 1 aromatic carbocycles. The molecule has 3 unspecified atom stereocenters. The van der Waals surface area contributed by atoms with Crippen molar-refractivity contribution in [1.29, 1.82) is 0 Å². The Labute approximate surface area is 104 Å². The van der Waals surface area contributed by atoms with Gasteiger partial charge in [-0.2, -0.15) is 0 Å². The minimum atomic E-state index is -0.657. The van der Waals surface area contributed by atoms with Crippen LogP contribution in [0.5, 0.6) is 0 Å². The van der Waals surface area contributed by atoms with Crippen molar-refractivity contribution >= 4 is 0 Å². The molecule has 3 atom stereocenters. The Bertz CT molecular complexity index is 338. The quantitative estimate of drug-likeness (QED) is 0.825. The first-order valence-electron chi connectivity index (χ1n) is 6.38. The molecule has 2 nitrogen and oxygen atoms in total. The number of aliphatic hydroxyl groups is 2. The molecule has 2 N–H and O–H groups in total. The van der Waals surface area contributed by atoms with E-state index < -0.39 is 12.2 Å². The zero-order valence-corrected chi connectivity index (χ0v) is 11.3. The van der Waals surface area contributed by atoms with Crippen LogP contribution in [-0.2, 0) is 0 Å². The van der Waals surface area contributed by atoms with Gasteiger partial charge in [-0.05, 0) is 45.1 Å². The van der Waals surface area contributed by atoms with E-state index in [1.807, 2.05) is 0 Å². The second-order valence-electron chi connectivity index (χ2n) is 5.07. The number of hydrogen-bond acceptors (Lipinski definition) is 2. The van der Waals surface area contributed by atoms with Crippen molar-refractivity contribution in [2.24, 2.45) is 0 Å². The van der Waals surface area contributed by atoms with Crippen molar-refractivity contribution in [1.82, 2.24) is 0 Å². The van der Waals surface area contributed by atoms with Crippen LogP contribution in [0.15, 0.2) is 18.2 Å². The molecule has 0 aliphatic rings. The summed E-state index contributed by atoms with van der Waals surface area (Å²) in [5.41, 5.74) is 3.78. The molecule has 0 fully saturated rings. The molecule has 1 aromatic rings. The highest BCUT2D eigenvalue weighted by atomic mass is 16.3. The van der Waals surface area contributed by atoms with Crippen molar-refractivity contribution < 1.29 is 10.2 Å². The highest BCUT2D eigenvalue weighted by Crippen LogP contribution is 2.27. The minimum absolute atomic E-state index is 0.318. The predicted octanol–water partition coefficient (Wildman–Crippen LogP) is 2.93. The van der Waals surface area contributed by atoms with Gasteiger partial charge in [0.1, 0.15) is 0 Å². The molecule has 0 heterocycles. The molecule has 0 saturated carbocycles. The lowest BCUT2D eigenvalue weighted by Gasteiger charge is -2.22. The monoisotopic (exact) mass is 236 g/mol. The third-order valence-corrected chi connectivity index (χ3v) is 3.29. The average molecular weight is 236 g/mol. The van der Waals surface area contributed by atoms with E-state index in [1.165, 1.54) is 16.7 Å². The van der Waals surface area contributed by atoms with Crippen molar-refractivity contribution in [3.8, 4) is 0 Å². The zero-order valence-electron chi connectivity index (χ0n) is 11.3. The molecule has 2 heteroatoms. The summed E-state index contributed by atoms with van der Waals surface area (Å²) in [7, 11) is 0. The van der Waals surface area contributed by atoms with E-state index in [4.69, 9.17) is 0 Å². The average Bonchev–Trinajstić information content (AvgIpc) is 2.23. The van der Waals surface area contributed by atoms with Crippen LogP contribution < -0.4 is 0 Å². The third-order valence-electron chi connectivity index (χ3n) is 3.29. The molecule has 0 amide bonds. The van der Waals surface area contributed by atoms with E-state index in [0.29, 0.717) is 12.3 Å². The highest BCUT2D eigenvalue weighted by molar-refractivity contribution is 5.31. The van der Waals surface area contributed by atoms with Crippen LogP contribution in [0.25, 0.3) is 0 Å². The Kier molecular flexibility index (Phi) is 5.16. The third kappa shape index (κ3) is 4.14. The van der Waals surface area contributed by atoms with Crippen LogP contribution in [0.4, 0.5) is 0 Å². The van der Waals surface area contributed by atoms with E-state index in [2.05, 4.69) is 39.0 Å². The lowest BCUT2D eigenvalue weighted by Crippen LogP contribution is -2.24. The number of aryl methyl sites for hydroxylation is 2. The molecule has 0 spiro atoms. The second-order valence-corrected chi connectivity index (χ2v) is 5.07. The first-order chi connectivity index (χ1) is 7.93. The maximum Gasteiger partial charge on any atom is 0.0802 e. The van der Waals surface area contributed by atoms with E-state index in [-0.39, 0.29) is 0 Å². The second kappa shape index (κ2) is 6.18. The van der Waals surface area contributed by atoms with Crippen molar-refractivity contribution in [2.45, 2.75) is 58.7 Å². The van der Waals surface area contributed by atoms with Gasteiger partial charge in [-0.15, -0.1) is 0 Å². The zero-order chi connectivity index (χ0) is 13.0. The van der Waals surface area contributed by atoms with Gasteiger partial charge in [0, 0.05) is 0 Å². The van der Waals surface area contributed by atoms with Crippen molar-refractivity contribution in [3.63, 3.8) is 0 Å². The lowest BCUT2D eigenvalue weighted by atomic mass is 9.88. The Hall–Kier alpha value is -0.860. The summed E-state index contributed by atoms with van der Waals surface area (Å²) in [6.07, 6.45) is 0.305. The Balaban J connectivity index is 2.86. The normalized spacial score (nSPS) is 16.6. The van der Waals surface area contributed by atoms with Gasteiger partial charge in [0.15, 0.2) is 0 Å². The van der Waals surface area contributed by atoms with E-state index in [9.17, 15) is 10.2 Å². The van der Waals surface area contributed by atoms with E-state index >= 15 is 0 Å². The van der Waals surface area contributed by atoms with Crippen LogP contribution in [0.2, 0.25) is 0 Å². The van der Waals surface area contributed by atoms with E-state index in [1.54, 1.807) is 6.92 Å². The van der Waals surface area contributed by atoms with Crippen LogP contribution >= 0.6 is 0 Å². The topological polar surface area (TPSA) is 40.5 Å². The van der Waals surface area contributed by atoms with Crippen LogP contribution in [-0.4, -0.2) is 22.4 Å². The molecule has 0 aromatic heterocycles. The predicted molar refractivity (Wildman–Crippen MR) is 71.3 cm³/mol. The van der Waals surface area contributed by atoms with Gasteiger partial charge in [-0.1, -0.05) is 36.2 Å². The summed E-state index contributed by atoms with van der Waals surface area (Å²) in [6.45, 7) is 7.94. The fourth-order valence-electron chi connectivity index (χ4n) is 2.27. The summed E-state index contributed by atoms with van der Waals surface area (Å²) < 4.78 is 0. The van der Waals surface area contributed by atoms with Crippen LogP contribution in [0.1, 0.15) is 49.3 Å². The SMILES string of the molecule is CCC(CC(O)C(C)O)c1cc(C)cc(C)c1. The first kappa shape index (κ1) is 14.2. The molecule has 0 aliphatic heterocycles. The summed E-state index contributed by atoms with van der Waals surface area (Å²) in [5.74, 6) is 0.318. The highest BCUT2D eigenvalue weighted by Gasteiger charge is 2.18. The molecular weight excluding hydrogens is 212 g/mol. The molecule has 0 saturated heterocycles. The maximum atomic E-state index is 9.78. The number of aliphatic hydroxyl groups excluding tert-OH is 2. The van der Waals surface area contributed by atoms with Crippen LogP contribution in [0, 0.1) is 13.8 Å². The van der Waals surface area contributed by atoms with Crippen molar-refractivity contribution in [3.05, 3.63) is 34.9 Å². The van der Waals surface area contributed by atoms with Gasteiger partial charge in [-0.25, -0.2) is 0 Å². The molecule has 1 rings (SSSR count). The molecule has 17 heavy (non-hydrogen) atoms. The van der Waals surface area contributed by atoms with Gasteiger partial charge in [0.2, 0.25) is 0 Å². The van der Waals surface area contributed by atoms with Gasteiger partial charge >= 0.3 is 0 Å². The van der Waals surface area contributed by atoms with Gasteiger partial charge in [0.05, 0.1) is 12.2 Å². The summed E-state index contributed by atoms with van der Waals surface area (Å²) in [4.78, 5) is 0. The molecule has 96 valence electrons. The first-order valence-corrected chi connectivity index (χ1v) is 6.38. The fraction of sp³-hybridized carbons (Fsp3) is 0.600. The molecule has 0 bridgehead atoms. The van der Waals surface area contributed by atoms with Gasteiger partial charge in [-0.3, -0.25) is 0 Å². The van der Waals surface area contributed by atoms with Crippen molar-refractivity contribution in [2.75, 3.05) is 0 Å². The van der Waals surface area contributed by atoms with Gasteiger partial charge in [0.25, 0.3) is 0 Å². The number of benzene rings is 1. The number of hydrogen-bond donors (Lipinski definition) is 2. The minimum Gasteiger partial charge on any atom is -0.391 e.